The number of tetrazole rings is 1. The largest absolute Gasteiger partial charge is 0.399 e. The van der Waals surface area contributed by atoms with Gasteiger partial charge in [0, 0.05) is 23.5 Å². The van der Waals surface area contributed by atoms with Gasteiger partial charge in [-0.15, -0.1) is 5.10 Å². The van der Waals surface area contributed by atoms with Crippen LogP contribution >= 0.6 is 0 Å². The lowest BCUT2D eigenvalue weighted by molar-refractivity contribution is 0.105. The van der Waals surface area contributed by atoms with Crippen LogP contribution in [0.4, 0.5) is 11.4 Å². The van der Waals surface area contributed by atoms with Crippen LogP contribution in [0.15, 0.2) is 18.2 Å². The number of nitrogens with zero attached hydrogens (tertiary/aromatic N) is 4. The highest BCUT2D eigenvalue weighted by Crippen LogP contribution is 2.31. The van der Waals surface area contributed by atoms with E-state index in [0.717, 1.165) is 18.6 Å². The quantitative estimate of drug-likeness (QED) is 0.776. The van der Waals surface area contributed by atoms with Crippen molar-refractivity contribution in [3.05, 3.63) is 18.2 Å². The van der Waals surface area contributed by atoms with E-state index in [1.54, 1.807) is 16.8 Å². The molecule has 1 aliphatic rings. The topological polar surface area (TPSA) is 105 Å². The minimum atomic E-state index is 0.0947. The second kappa shape index (κ2) is 4.51. The summed E-state index contributed by atoms with van der Waals surface area (Å²) in [5.41, 5.74) is 13.7. The Kier molecular flexibility index (Phi) is 2.83. The second-order valence-electron chi connectivity index (χ2n) is 4.73. The van der Waals surface area contributed by atoms with Crippen molar-refractivity contribution in [2.75, 3.05) is 18.1 Å². The molecule has 2 atom stereocenters. The van der Waals surface area contributed by atoms with Crippen molar-refractivity contribution >= 4 is 11.4 Å². The highest BCUT2D eigenvalue weighted by molar-refractivity contribution is 5.74. The maximum atomic E-state index is 5.99. The van der Waals surface area contributed by atoms with Crippen LogP contribution in [0.5, 0.6) is 0 Å². The minimum Gasteiger partial charge on any atom is -0.399 e. The third-order valence-corrected chi connectivity index (χ3v) is 3.46. The number of rotatable bonds is 2. The molecule has 1 aliphatic heterocycles. The van der Waals surface area contributed by atoms with Crippen molar-refractivity contribution in [3.63, 3.8) is 0 Å². The number of anilines is 2. The Hall–Kier alpha value is -2.15. The Morgan fingerprint density at radius 3 is 2.89 bits per heavy atom. The molecular formula is C12H16N6O. The summed E-state index contributed by atoms with van der Waals surface area (Å²) in [7, 11) is 0. The second-order valence-corrected chi connectivity index (χ2v) is 4.73. The fourth-order valence-electron chi connectivity index (χ4n) is 2.42. The molecule has 2 aromatic rings. The van der Waals surface area contributed by atoms with Gasteiger partial charge in [-0.1, -0.05) is 0 Å². The maximum Gasteiger partial charge on any atom is 0.184 e. The van der Waals surface area contributed by atoms with Gasteiger partial charge in [-0.2, -0.15) is 0 Å². The third-order valence-electron chi connectivity index (χ3n) is 3.46. The molecule has 0 spiro atoms. The van der Waals surface area contributed by atoms with Crippen LogP contribution < -0.4 is 11.5 Å². The number of hydrogen-bond donors (Lipinski definition) is 2. The van der Waals surface area contributed by atoms with Gasteiger partial charge in [0.1, 0.15) is 0 Å². The van der Waals surface area contributed by atoms with Crippen molar-refractivity contribution in [3.8, 4) is 11.4 Å². The van der Waals surface area contributed by atoms with Crippen LogP contribution in [0.3, 0.4) is 0 Å². The first-order valence-electron chi connectivity index (χ1n) is 6.21. The summed E-state index contributed by atoms with van der Waals surface area (Å²) < 4.78 is 7.35. The van der Waals surface area contributed by atoms with Crippen molar-refractivity contribution in [2.45, 2.75) is 25.5 Å². The molecule has 1 aromatic carbocycles. The molecule has 2 heterocycles. The van der Waals surface area contributed by atoms with Gasteiger partial charge in [-0.05, 0) is 42.0 Å². The Balaban J connectivity index is 2.04. The normalized spacial score (nSPS) is 22.8. The lowest BCUT2D eigenvalue weighted by Gasteiger charge is -2.16. The summed E-state index contributed by atoms with van der Waals surface area (Å²) >= 11 is 0. The highest BCUT2D eigenvalue weighted by atomic mass is 16.5. The number of nitrogens with two attached hydrogens (primary N) is 2. The van der Waals surface area contributed by atoms with Crippen LogP contribution in [0.25, 0.3) is 11.4 Å². The van der Waals surface area contributed by atoms with Crippen LogP contribution in [0.1, 0.15) is 19.4 Å². The van der Waals surface area contributed by atoms with Gasteiger partial charge >= 0.3 is 0 Å². The van der Waals surface area contributed by atoms with E-state index in [9.17, 15) is 0 Å². The fraction of sp³-hybridized carbons (Fsp3) is 0.417. The van der Waals surface area contributed by atoms with E-state index in [1.165, 1.54) is 0 Å². The lowest BCUT2D eigenvalue weighted by Crippen LogP contribution is -2.19. The van der Waals surface area contributed by atoms with E-state index >= 15 is 0 Å². The Labute approximate surface area is 110 Å². The SMILES string of the molecule is CC1OCCC1n1nnnc1-c1ccc(N)cc1N. The van der Waals surface area contributed by atoms with Gasteiger partial charge in [0.25, 0.3) is 0 Å². The minimum absolute atomic E-state index is 0.0947. The van der Waals surface area contributed by atoms with Gasteiger partial charge in [-0.3, -0.25) is 0 Å². The van der Waals surface area contributed by atoms with Crippen molar-refractivity contribution in [2.24, 2.45) is 0 Å². The smallest absolute Gasteiger partial charge is 0.184 e. The molecular weight excluding hydrogens is 244 g/mol. The first-order valence-corrected chi connectivity index (χ1v) is 6.21. The lowest BCUT2D eigenvalue weighted by atomic mass is 10.1. The molecule has 0 aliphatic carbocycles. The van der Waals surface area contributed by atoms with E-state index in [2.05, 4.69) is 15.5 Å². The van der Waals surface area contributed by atoms with E-state index in [0.29, 0.717) is 17.2 Å². The van der Waals surface area contributed by atoms with Gasteiger partial charge in [0.15, 0.2) is 5.82 Å². The van der Waals surface area contributed by atoms with Crippen molar-refractivity contribution in [1.82, 2.24) is 20.2 Å². The van der Waals surface area contributed by atoms with Gasteiger partial charge in [0.05, 0.1) is 12.1 Å². The molecule has 100 valence electrons. The summed E-state index contributed by atoms with van der Waals surface area (Å²) in [6, 6.07) is 5.48. The Morgan fingerprint density at radius 1 is 1.37 bits per heavy atom. The molecule has 1 aromatic heterocycles. The molecule has 3 rings (SSSR count). The summed E-state index contributed by atoms with van der Waals surface area (Å²) in [4.78, 5) is 0. The maximum absolute atomic E-state index is 5.99. The Morgan fingerprint density at radius 2 is 2.21 bits per heavy atom. The predicted molar refractivity (Wildman–Crippen MR) is 71.1 cm³/mol. The molecule has 1 saturated heterocycles. The van der Waals surface area contributed by atoms with Crippen LogP contribution in [-0.4, -0.2) is 32.9 Å². The standard InChI is InChI=1S/C12H16N6O/c1-7-11(4-5-19-7)18-12(15-16-17-18)9-3-2-8(13)6-10(9)14/h2-3,6-7,11H,4-5,13-14H2,1H3. The van der Waals surface area contributed by atoms with Gasteiger partial charge < -0.3 is 16.2 Å². The first-order chi connectivity index (χ1) is 9.16. The number of ether oxygens (including phenoxy) is 1. The van der Waals surface area contributed by atoms with Crippen LogP contribution in [0, 0.1) is 0 Å². The average Bonchev–Trinajstić information content (AvgIpc) is 2.97. The zero-order chi connectivity index (χ0) is 13.4. The molecule has 2 unspecified atom stereocenters. The van der Waals surface area contributed by atoms with E-state index < -0.39 is 0 Å². The molecule has 7 nitrogen and oxygen atoms in total. The fourth-order valence-corrected chi connectivity index (χ4v) is 2.42. The van der Waals surface area contributed by atoms with E-state index in [4.69, 9.17) is 16.2 Å². The summed E-state index contributed by atoms with van der Waals surface area (Å²) in [6.07, 6.45) is 0.992. The summed E-state index contributed by atoms with van der Waals surface area (Å²) in [6.45, 7) is 2.75. The van der Waals surface area contributed by atoms with Crippen molar-refractivity contribution < 1.29 is 4.74 Å². The van der Waals surface area contributed by atoms with E-state index in [-0.39, 0.29) is 12.1 Å². The first kappa shape index (κ1) is 11.9. The monoisotopic (exact) mass is 260 g/mol. The molecule has 4 N–H and O–H groups in total. The summed E-state index contributed by atoms with van der Waals surface area (Å²) in [5, 5.41) is 11.9. The third kappa shape index (κ3) is 2.01. The predicted octanol–water partition coefficient (Wildman–Crippen LogP) is 0.854. The zero-order valence-electron chi connectivity index (χ0n) is 10.7. The van der Waals surface area contributed by atoms with Crippen LogP contribution in [0.2, 0.25) is 0 Å². The van der Waals surface area contributed by atoms with E-state index in [1.807, 2.05) is 13.0 Å². The molecule has 0 radical (unpaired) electrons. The van der Waals surface area contributed by atoms with Crippen molar-refractivity contribution in [1.29, 1.82) is 0 Å². The highest BCUT2D eigenvalue weighted by Gasteiger charge is 2.29. The molecule has 0 amide bonds. The van der Waals surface area contributed by atoms with Crippen LogP contribution in [-0.2, 0) is 4.74 Å². The molecule has 0 saturated carbocycles. The molecule has 7 heteroatoms. The average molecular weight is 260 g/mol. The molecule has 19 heavy (non-hydrogen) atoms. The zero-order valence-corrected chi connectivity index (χ0v) is 10.7. The number of aromatic nitrogens is 4. The number of nitrogen functional groups attached to an aromatic ring is 2. The summed E-state index contributed by atoms with van der Waals surface area (Å²) in [5.74, 6) is 0.653. The number of benzene rings is 1. The van der Waals surface area contributed by atoms with Gasteiger partial charge in [-0.25, -0.2) is 4.68 Å². The molecule has 0 bridgehead atoms. The molecule has 1 fully saturated rings. The Bertz CT molecular complexity index is 596. The number of hydrogen-bond acceptors (Lipinski definition) is 6. The van der Waals surface area contributed by atoms with Gasteiger partial charge in [0.2, 0.25) is 0 Å².